The Morgan fingerprint density at radius 2 is 1.73 bits per heavy atom. The van der Waals surface area contributed by atoms with Gasteiger partial charge in [-0.3, -0.25) is 0 Å². The Kier molecular flexibility index (Phi) is 5.69. The minimum Gasteiger partial charge on any atom is -0.744 e. The van der Waals surface area contributed by atoms with E-state index in [2.05, 4.69) is 21.9 Å². The summed E-state index contributed by atoms with van der Waals surface area (Å²) in [6, 6.07) is 2.94. The molecular weight excluding hydrogens is 358 g/mol. The average Bonchev–Trinajstić information content (AvgIpc) is 2.88. The molecule has 0 saturated carbocycles. The molecule has 0 N–H and O–H groups in total. The summed E-state index contributed by atoms with van der Waals surface area (Å²) in [5.41, 5.74) is 0.301. The number of aromatic nitrogens is 3. The monoisotopic (exact) mass is 363 g/mol. The van der Waals surface area contributed by atoms with E-state index in [1.165, 1.54) is 12.1 Å². The fraction of sp³-hybridized carbons (Fsp3) is 0.200. The second kappa shape index (κ2) is 6.46. The molecule has 0 bridgehead atoms. The van der Waals surface area contributed by atoms with Gasteiger partial charge in [-0.15, -0.1) is 5.10 Å². The molecule has 1 heterocycles. The largest absolute Gasteiger partial charge is 1.00 e. The van der Waals surface area contributed by atoms with Crippen LogP contribution in [-0.2, 0) is 16.2 Å². The molecule has 12 heteroatoms. The van der Waals surface area contributed by atoms with Gasteiger partial charge in [-0.25, -0.2) is 12.8 Å². The van der Waals surface area contributed by atoms with E-state index >= 15 is 0 Å². The van der Waals surface area contributed by atoms with Gasteiger partial charge in [0.15, 0.2) is 10.1 Å². The quantitative estimate of drug-likeness (QED) is 0.391. The van der Waals surface area contributed by atoms with E-state index in [0.717, 1.165) is 0 Å². The molecule has 1 unspecified atom stereocenters. The maximum absolute atomic E-state index is 13.7. The Bertz CT molecular complexity index is 755. The first-order valence-corrected chi connectivity index (χ1v) is 7.05. The molecule has 114 valence electrons. The Morgan fingerprint density at radius 3 is 2.23 bits per heavy atom. The smallest absolute Gasteiger partial charge is 0.744 e. The Balaban J connectivity index is 0.00000242. The summed E-state index contributed by atoms with van der Waals surface area (Å²) in [5.74, 6) is 0. The van der Waals surface area contributed by atoms with Crippen molar-refractivity contribution < 1.29 is 55.7 Å². The van der Waals surface area contributed by atoms with Crippen LogP contribution in [0.25, 0.3) is 11.3 Å². The van der Waals surface area contributed by atoms with Gasteiger partial charge in [0.05, 0.1) is 6.20 Å². The third-order valence-electron chi connectivity index (χ3n) is 2.51. The molecule has 0 amide bonds. The zero-order valence-corrected chi connectivity index (χ0v) is 14.5. The predicted octanol–water partition coefficient (Wildman–Crippen LogP) is -1.09. The van der Waals surface area contributed by atoms with Gasteiger partial charge in [-0.05, 0) is 0 Å². The van der Waals surface area contributed by atoms with Gasteiger partial charge in [0.2, 0.25) is 0 Å². The molecule has 0 radical (unpaired) electrons. The fourth-order valence-electron chi connectivity index (χ4n) is 1.43. The van der Waals surface area contributed by atoms with E-state index in [0.29, 0.717) is 11.8 Å². The van der Waals surface area contributed by atoms with Crippen LogP contribution in [0.1, 0.15) is 0 Å². The average molecular weight is 364 g/mol. The number of hydrogen-bond donors (Lipinski definition) is 0. The van der Waals surface area contributed by atoms with Crippen LogP contribution in [0.5, 0.6) is 0 Å². The van der Waals surface area contributed by atoms with Crippen molar-refractivity contribution in [2.24, 2.45) is 0 Å². The van der Waals surface area contributed by atoms with E-state index in [9.17, 15) is 26.1 Å². The van der Waals surface area contributed by atoms with Crippen molar-refractivity contribution in [2.45, 2.75) is 10.5 Å². The molecule has 0 aliphatic heterocycles. The molecule has 1 atom stereocenters. The normalized spacial score (nSPS) is 15.0. The standard InChI is InChI=1S/C10H7ClF3N3O3S.Na/c11-9(12,21(18,19)20)10(13,14)17-6-8(15-16-17)7-4-2-1-3-5-7;/h1-6H,(H,18,19,20);/q;+1/p-1. The van der Waals surface area contributed by atoms with E-state index in [1.807, 2.05) is 0 Å². The SMILES string of the molecule is O=S(=O)([O-])C(F)(Cl)C(F)(F)n1cc(-c2ccccc2)nn1.[Na+]. The van der Waals surface area contributed by atoms with E-state index in [1.54, 1.807) is 18.2 Å². The molecule has 0 aliphatic rings. The molecule has 0 fully saturated rings. The second-order valence-electron chi connectivity index (χ2n) is 3.93. The van der Waals surface area contributed by atoms with Gasteiger partial charge >= 0.3 is 40.1 Å². The Morgan fingerprint density at radius 1 is 1.18 bits per heavy atom. The van der Waals surface area contributed by atoms with Gasteiger partial charge in [0.25, 0.3) is 0 Å². The van der Waals surface area contributed by atoms with Crippen molar-refractivity contribution in [3.63, 3.8) is 0 Å². The number of halogens is 4. The number of rotatable bonds is 4. The van der Waals surface area contributed by atoms with Crippen LogP contribution in [0.2, 0.25) is 0 Å². The van der Waals surface area contributed by atoms with Gasteiger partial charge in [0.1, 0.15) is 5.69 Å². The number of nitrogens with zero attached hydrogens (tertiary/aromatic N) is 3. The molecule has 0 saturated heterocycles. The van der Waals surface area contributed by atoms with Crippen molar-refractivity contribution in [2.75, 3.05) is 0 Å². The summed E-state index contributed by atoms with van der Waals surface area (Å²) < 4.78 is 67.3. The van der Waals surface area contributed by atoms with Crippen molar-refractivity contribution in [1.29, 1.82) is 0 Å². The summed E-state index contributed by atoms with van der Waals surface area (Å²) >= 11 is 4.59. The van der Waals surface area contributed by atoms with Gasteiger partial charge in [0, 0.05) is 5.56 Å². The van der Waals surface area contributed by atoms with Crippen molar-refractivity contribution in [1.82, 2.24) is 15.0 Å². The molecule has 2 aromatic rings. The molecule has 22 heavy (non-hydrogen) atoms. The third-order valence-corrected chi connectivity index (χ3v) is 4.18. The van der Waals surface area contributed by atoms with Crippen molar-refractivity contribution in [3.8, 4) is 11.3 Å². The molecule has 2 rings (SSSR count). The summed E-state index contributed by atoms with van der Waals surface area (Å²) in [6.45, 7) is 0. The predicted molar refractivity (Wildman–Crippen MR) is 65.0 cm³/mol. The summed E-state index contributed by atoms with van der Waals surface area (Å²) in [6.07, 6.45) is 0.581. The van der Waals surface area contributed by atoms with E-state index < -0.39 is 25.3 Å². The van der Waals surface area contributed by atoms with Crippen LogP contribution in [0.3, 0.4) is 0 Å². The number of hydrogen-bond acceptors (Lipinski definition) is 5. The maximum Gasteiger partial charge on any atom is 1.00 e. The Labute approximate surface area is 150 Å². The molecule has 6 nitrogen and oxygen atoms in total. The molecule has 1 aromatic heterocycles. The first-order chi connectivity index (χ1) is 9.57. The van der Waals surface area contributed by atoms with Gasteiger partial charge in [-0.1, -0.05) is 47.1 Å². The minimum atomic E-state index is -6.15. The first-order valence-electron chi connectivity index (χ1n) is 5.26. The summed E-state index contributed by atoms with van der Waals surface area (Å²) in [7, 11) is -6.15. The molecule has 1 aromatic carbocycles. The number of alkyl halides is 4. The zero-order chi connectivity index (χ0) is 15.9. The minimum absolute atomic E-state index is 0. The fourth-order valence-corrected chi connectivity index (χ4v) is 1.91. The van der Waals surface area contributed by atoms with E-state index in [4.69, 9.17) is 0 Å². The molecular formula is C10H6ClF3N3NaO3S. The van der Waals surface area contributed by atoms with Gasteiger partial charge in [-0.2, -0.15) is 13.5 Å². The Hall–Kier alpha value is -0.650. The van der Waals surface area contributed by atoms with Crippen LogP contribution in [0.4, 0.5) is 13.2 Å². The topological polar surface area (TPSA) is 87.9 Å². The third kappa shape index (κ3) is 3.31. The number of benzene rings is 1. The van der Waals surface area contributed by atoms with Crippen LogP contribution >= 0.6 is 11.6 Å². The second-order valence-corrected chi connectivity index (χ2v) is 6.14. The van der Waals surface area contributed by atoms with Crippen LogP contribution in [-0.4, -0.2) is 32.4 Å². The summed E-state index contributed by atoms with van der Waals surface area (Å²) in [5, 5.41) is 6.29. The summed E-state index contributed by atoms with van der Waals surface area (Å²) in [4.78, 5) is 0. The molecule has 0 spiro atoms. The molecule has 0 aliphatic carbocycles. The van der Waals surface area contributed by atoms with Crippen LogP contribution < -0.4 is 29.6 Å². The van der Waals surface area contributed by atoms with Gasteiger partial charge < -0.3 is 4.55 Å². The van der Waals surface area contributed by atoms with Crippen LogP contribution in [0.15, 0.2) is 36.5 Å². The van der Waals surface area contributed by atoms with E-state index in [-0.39, 0.29) is 35.3 Å². The van der Waals surface area contributed by atoms with Crippen LogP contribution in [0, 0.1) is 0 Å². The maximum atomic E-state index is 13.7. The van der Waals surface area contributed by atoms with Crippen molar-refractivity contribution >= 4 is 21.7 Å². The zero-order valence-electron chi connectivity index (χ0n) is 11.0. The first kappa shape index (κ1) is 19.4. The van der Waals surface area contributed by atoms with Crippen molar-refractivity contribution in [3.05, 3.63) is 36.5 Å².